The standard InChI is InChI=1S/C42H72BF2N3O3/c1-6-7-8-9-10-11-12-13-14-15-19-22-25-28-39(50)38(32-49)47-40(51)29-26-23-20-17-16-18-21-24-27-37(41-33(2)30-35(4)46-41)42-34(3)31-36(5)48(42)43(44)45/h30-31,38-39,49-50H,6-29,32H2,1-5H3,(H,47,51)/b41-37-. The van der Waals surface area contributed by atoms with Crippen molar-refractivity contribution in [1.82, 2.24) is 9.79 Å². The number of amides is 1. The summed E-state index contributed by atoms with van der Waals surface area (Å²) in [6.45, 7) is 9.61. The minimum atomic E-state index is -2.59. The first-order valence-corrected chi connectivity index (χ1v) is 20.6. The zero-order valence-electron chi connectivity index (χ0n) is 33.0. The number of nitrogens with zero attached hydrogens (tertiary/aromatic N) is 2. The maximum atomic E-state index is 14.1. The van der Waals surface area contributed by atoms with E-state index in [1.165, 1.54) is 70.6 Å². The number of hydrogen-bond acceptors (Lipinski definition) is 4. The van der Waals surface area contributed by atoms with Gasteiger partial charge in [-0.3, -0.25) is 18.4 Å². The Labute approximate surface area is 310 Å². The van der Waals surface area contributed by atoms with Crippen molar-refractivity contribution in [2.24, 2.45) is 4.99 Å². The second-order valence-electron chi connectivity index (χ2n) is 15.2. The molecule has 2 atom stereocenters. The number of aromatic nitrogens is 1. The van der Waals surface area contributed by atoms with Crippen molar-refractivity contribution in [3.63, 3.8) is 0 Å². The van der Waals surface area contributed by atoms with Gasteiger partial charge in [-0.25, -0.2) is 0 Å². The molecule has 290 valence electrons. The maximum Gasteiger partial charge on any atom is 0.677 e. The number of aliphatic hydroxyl groups excluding tert-OH is 2. The molecule has 0 radical (unpaired) electrons. The average molecular weight is 716 g/mol. The molecule has 1 aromatic rings. The van der Waals surface area contributed by atoms with E-state index >= 15 is 0 Å². The van der Waals surface area contributed by atoms with Gasteiger partial charge < -0.3 is 20.0 Å². The monoisotopic (exact) mass is 716 g/mol. The number of allylic oxidation sites excluding steroid dienone is 3. The van der Waals surface area contributed by atoms with Crippen LogP contribution in [0.4, 0.5) is 8.63 Å². The summed E-state index contributed by atoms with van der Waals surface area (Å²) in [7, 11) is -2.59. The van der Waals surface area contributed by atoms with Gasteiger partial charge in [0.2, 0.25) is 5.91 Å². The van der Waals surface area contributed by atoms with Gasteiger partial charge in [-0.15, -0.1) is 0 Å². The Morgan fingerprint density at radius 2 is 1.27 bits per heavy atom. The molecule has 0 spiro atoms. The van der Waals surface area contributed by atoms with Gasteiger partial charge in [0, 0.05) is 29.1 Å². The van der Waals surface area contributed by atoms with Crippen LogP contribution in [-0.2, 0) is 4.79 Å². The number of aliphatic hydroxyl groups is 2. The smallest absolute Gasteiger partial charge is 0.394 e. The summed E-state index contributed by atoms with van der Waals surface area (Å²) in [5.41, 5.74) is 5.75. The molecule has 9 heteroatoms. The largest absolute Gasteiger partial charge is 0.677 e. The van der Waals surface area contributed by atoms with Gasteiger partial charge in [0.25, 0.3) is 0 Å². The fourth-order valence-electron chi connectivity index (χ4n) is 7.55. The number of unbranched alkanes of at least 4 members (excludes halogenated alkanes) is 19. The Bertz CT molecular complexity index is 1230. The van der Waals surface area contributed by atoms with Crippen molar-refractivity contribution in [3.8, 4) is 0 Å². The Kier molecular flexibility index (Phi) is 23.3. The van der Waals surface area contributed by atoms with Gasteiger partial charge in [0.05, 0.1) is 24.4 Å². The Hall–Kier alpha value is -2.26. The van der Waals surface area contributed by atoms with Crippen LogP contribution in [0.1, 0.15) is 192 Å². The van der Waals surface area contributed by atoms with Crippen molar-refractivity contribution in [2.75, 3.05) is 6.61 Å². The van der Waals surface area contributed by atoms with E-state index in [-0.39, 0.29) is 12.5 Å². The third-order valence-electron chi connectivity index (χ3n) is 10.5. The van der Waals surface area contributed by atoms with E-state index in [4.69, 9.17) is 4.99 Å². The predicted molar refractivity (Wildman–Crippen MR) is 213 cm³/mol. The van der Waals surface area contributed by atoms with E-state index in [0.29, 0.717) is 30.7 Å². The molecule has 0 aliphatic carbocycles. The summed E-state index contributed by atoms with van der Waals surface area (Å²) in [4.78, 5) is 17.2. The van der Waals surface area contributed by atoms with E-state index in [9.17, 15) is 23.6 Å². The molecule has 1 amide bonds. The number of carbonyl (C=O) groups is 1. The van der Waals surface area contributed by atoms with Crippen LogP contribution >= 0.6 is 0 Å². The first-order chi connectivity index (χ1) is 24.6. The van der Waals surface area contributed by atoms with Gasteiger partial charge >= 0.3 is 7.40 Å². The third kappa shape index (κ3) is 17.4. The van der Waals surface area contributed by atoms with E-state index in [1.54, 1.807) is 6.92 Å². The fourth-order valence-corrected chi connectivity index (χ4v) is 7.55. The quantitative estimate of drug-likeness (QED) is 0.0547. The zero-order valence-corrected chi connectivity index (χ0v) is 33.0. The van der Waals surface area contributed by atoms with E-state index in [1.807, 2.05) is 32.9 Å². The molecule has 2 rings (SSSR count). The first-order valence-electron chi connectivity index (χ1n) is 20.6. The first kappa shape index (κ1) is 44.9. The van der Waals surface area contributed by atoms with Crippen LogP contribution in [-0.4, -0.2) is 52.5 Å². The van der Waals surface area contributed by atoms with E-state index in [2.05, 4.69) is 12.2 Å². The number of aliphatic imine (C=N–C) groups is 1. The maximum absolute atomic E-state index is 14.1. The molecular weight excluding hydrogens is 643 g/mol. The summed E-state index contributed by atoms with van der Waals surface area (Å²) < 4.78 is 29.3. The fraction of sp³-hybridized carbons (Fsp3) is 0.762. The summed E-state index contributed by atoms with van der Waals surface area (Å²) in [6.07, 6.45) is 27.7. The summed E-state index contributed by atoms with van der Waals surface area (Å²) in [6, 6.07) is 1.24. The second-order valence-corrected chi connectivity index (χ2v) is 15.2. The van der Waals surface area contributed by atoms with Crippen molar-refractivity contribution in [2.45, 2.75) is 201 Å². The van der Waals surface area contributed by atoms with Crippen molar-refractivity contribution < 1.29 is 23.6 Å². The van der Waals surface area contributed by atoms with Crippen molar-refractivity contribution in [1.29, 1.82) is 0 Å². The molecule has 1 aromatic heterocycles. The normalized spacial score (nSPS) is 15.2. The molecule has 2 unspecified atom stereocenters. The highest BCUT2D eigenvalue weighted by Gasteiger charge is 2.28. The molecule has 0 aromatic carbocycles. The van der Waals surface area contributed by atoms with Crippen molar-refractivity contribution >= 4 is 24.6 Å². The molecule has 1 aliphatic rings. The Morgan fingerprint density at radius 3 is 1.75 bits per heavy atom. The molecular formula is C42H72BF2N3O3. The van der Waals surface area contributed by atoms with E-state index < -0.39 is 19.5 Å². The van der Waals surface area contributed by atoms with Crippen LogP contribution < -0.4 is 5.32 Å². The van der Waals surface area contributed by atoms with Gasteiger partial charge in [0.1, 0.15) is 0 Å². The molecule has 1 aliphatic heterocycles. The second kappa shape index (κ2) is 26.5. The molecule has 0 saturated heterocycles. The average Bonchev–Trinajstić information content (AvgIpc) is 3.59. The lowest BCUT2D eigenvalue weighted by Crippen LogP contribution is -2.45. The number of halogens is 2. The van der Waals surface area contributed by atoms with Crippen LogP contribution in [0.3, 0.4) is 0 Å². The van der Waals surface area contributed by atoms with Gasteiger partial charge in [0.15, 0.2) is 0 Å². The Balaban J connectivity index is 1.55. The van der Waals surface area contributed by atoms with E-state index in [0.717, 1.165) is 96.8 Å². The molecule has 0 saturated carbocycles. The number of rotatable bonds is 30. The number of aryl methyl sites for hydroxylation is 2. The lowest BCUT2D eigenvalue weighted by molar-refractivity contribution is -0.123. The van der Waals surface area contributed by atoms with Gasteiger partial charge in [-0.2, -0.15) is 0 Å². The third-order valence-corrected chi connectivity index (χ3v) is 10.5. The molecule has 0 bridgehead atoms. The highest BCUT2D eigenvalue weighted by atomic mass is 19.2. The number of nitrogens with one attached hydrogen (secondary N) is 1. The van der Waals surface area contributed by atoms with Crippen LogP contribution in [0.5, 0.6) is 0 Å². The predicted octanol–water partition coefficient (Wildman–Crippen LogP) is 11.2. The van der Waals surface area contributed by atoms with Crippen LogP contribution in [0, 0.1) is 13.8 Å². The summed E-state index contributed by atoms with van der Waals surface area (Å²) in [5.74, 6) is -0.0984. The summed E-state index contributed by atoms with van der Waals surface area (Å²) >= 11 is 0. The lowest BCUT2D eigenvalue weighted by atomic mass is 9.95. The highest BCUT2D eigenvalue weighted by molar-refractivity contribution is 6.41. The number of carbonyl (C=O) groups excluding carboxylic acids is 1. The highest BCUT2D eigenvalue weighted by Crippen LogP contribution is 2.36. The van der Waals surface area contributed by atoms with Crippen LogP contribution in [0.2, 0.25) is 0 Å². The SMILES string of the molecule is CCCCCCCCCCCCCCCC(O)C(CO)NC(=O)CCCCCCCCCC/C(=C1/N=C(C)C=C1C)c1c(C)cc(C)n1B(F)F. The van der Waals surface area contributed by atoms with Gasteiger partial charge in [-0.1, -0.05) is 129 Å². The lowest BCUT2D eigenvalue weighted by Gasteiger charge is -2.22. The van der Waals surface area contributed by atoms with Crippen molar-refractivity contribution in [3.05, 3.63) is 40.4 Å². The Morgan fingerprint density at radius 1 is 0.784 bits per heavy atom. The molecule has 2 heterocycles. The van der Waals surface area contributed by atoms with Crippen LogP contribution in [0.15, 0.2) is 28.4 Å². The minimum absolute atomic E-state index is 0.0984. The molecule has 3 N–H and O–H groups in total. The topological polar surface area (TPSA) is 86.8 Å². The summed E-state index contributed by atoms with van der Waals surface area (Å²) in [5, 5.41) is 23.2. The van der Waals surface area contributed by atoms with Gasteiger partial charge in [-0.05, 0) is 76.7 Å². The zero-order chi connectivity index (χ0) is 37.4. The number of hydrogen-bond donors (Lipinski definition) is 3. The molecule has 51 heavy (non-hydrogen) atoms. The molecule has 6 nitrogen and oxygen atoms in total. The molecule has 0 fully saturated rings. The van der Waals surface area contributed by atoms with Crippen LogP contribution in [0.25, 0.3) is 5.57 Å². The minimum Gasteiger partial charge on any atom is -0.394 e.